The van der Waals surface area contributed by atoms with Gasteiger partial charge in [0.15, 0.2) is 0 Å². The Morgan fingerprint density at radius 1 is 1.27 bits per heavy atom. The molecule has 2 heterocycles. The van der Waals surface area contributed by atoms with Crippen molar-refractivity contribution in [2.45, 2.75) is 0 Å². The van der Waals surface area contributed by atoms with E-state index in [2.05, 4.69) is 9.97 Å². The summed E-state index contributed by atoms with van der Waals surface area (Å²) in [6, 6.07) is 0. The Hall–Kier alpha value is -0.380. The third-order valence-corrected chi connectivity index (χ3v) is 3.06. The van der Waals surface area contributed by atoms with E-state index in [1.54, 1.807) is 5.38 Å². The molecule has 56 valence electrons. The van der Waals surface area contributed by atoms with E-state index < -0.39 is 0 Å². The summed E-state index contributed by atoms with van der Waals surface area (Å²) in [6.07, 6.45) is 1.41. The van der Waals surface area contributed by atoms with Crippen molar-refractivity contribution in [1.82, 2.24) is 9.97 Å². The zero-order valence-electron chi connectivity index (χ0n) is 5.21. The smallest absolute Gasteiger partial charge is 0.150 e. The van der Waals surface area contributed by atoms with Crippen molar-refractivity contribution >= 4 is 44.8 Å². The van der Waals surface area contributed by atoms with Gasteiger partial charge in [0.05, 0.1) is 9.72 Å². The lowest BCUT2D eigenvalue weighted by atomic mass is 10.5. The predicted octanol–water partition coefficient (Wildman–Crippen LogP) is 3.00. The molecule has 0 aliphatic carbocycles. The van der Waals surface area contributed by atoms with Crippen LogP contribution in [0.3, 0.4) is 0 Å². The Bertz CT molecular complexity index is 398. The maximum atomic E-state index is 5.81. The largest absolute Gasteiger partial charge is 0.234 e. The highest BCUT2D eigenvalue weighted by atomic mass is 35.5. The number of rotatable bonds is 0. The van der Waals surface area contributed by atoms with Crippen LogP contribution in [0.25, 0.3) is 10.2 Å². The van der Waals surface area contributed by atoms with E-state index in [4.69, 9.17) is 23.2 Å². The molecular weight excluding hydrogens is 203 g/mol. The van der Waals surface area contributed by atoms with E-state index in [0.29, 0.717) is 10.2 Å². The Kier molecular flexibility index (Phi) is 1.71. The highest BCUT2D eigenvalue weighted by Gasteiger charge is 2.05. The topological polar surface area (TPSA) is 25.8 Å². The molecule has 0 amide bonds. The van der Waals surface area contributed by atoms with E-state index in [1.165, 1.54) is 17.7 Å². The van der Waals surface area contributed by atoms with Crippen LogP contribution in [-0.4, -0.2) is 9.97 Å². The van der Waals surface area contributed by atoms with Crippen LogP contribution in [0.2, 0.25) is 10.2 Å². The Balaban J connectivity index is 2.94. The molecule has 0 N–H and O–H groups in total. The fourth-order valence-electron chi connectivity index (χ4n) is 0.793. The highest BCUT2D eigenvalue weighted by molar-refractivity contribution is 7.18. The van der Waals surface area contributed by atoms with Crippen LogP contribution in [0.1, 0.15) is 0 Å². The molecule has 0 bridgehead atoms. The SMILES string of the molecule is Clc1csc2c(Cl)ncnc12. The first-order valence-corrected chi connectivity index (χ1v) is 4.46. The van der Waals surface area contributed by atoms with Crippen molar-refractivity contribution in [2.24, 2.45) is 0 Å². The number of aromatic nitrogens is 2. The number of hydrogen-bond donors (Lipinski definition) is 0. The molecule has 0 atom stereocenters. The van der Waals surface area contributed by atoms with E-state index in [-0.39, 0.29) is 0 Å². The first kappa shape index (κ1) is 7.28. The zero-order valence-corrected chi connectivity index (χ0v) is 7.54. The van der Waals surface area contributed by atoms with E-state index >= 15 is 0 Å². The molecule has 0 unspecified atom stereocenters. The third-order valence-electron chi connectivity index (χ3n) is 1.27. The molecule has 0 radical (unpaired) electrons. The summed E-state index contributed by atoms with van der Waals surface area (Å²) in [7, 11) is 0. The van der Waals surface area contributed by atoms with Crippen molar-refractivity contribution in [3.63, 3.8) is 0 Å². The summed E-state index contributed by atoms with van der Waals surface area (Å²) >= 11 is 13.0. The normalized spacial score (nSPS) is 10.7. The molecule has 2 aromatic heterocycles. The average Bonchev–Trinajstić information content (AvgIpc) is 2.35. The van der Waals surface area contributed by atoms with Crippen LogP contribution in [0.15, 0.2) is 11.7 Å². The lowest BCUT2D eigenvalue weighted by Crippen LogP contribution is -1.77. The summed E-state index contributed by atoms with van der Waals surface area (Å²) in [5, 5.41) is 2.90. The number of halogens is 2. The van der Waals surface area contributed by atoms with Crippen LogP contribution < -0.4 is 0 Å². The quantitative estimate of drug-likeness (QED) is 0.617. The van der Waals surface area contributed by atoms with Crippen molar-refractivity contribution < 1.29 is 0 Å². The van der Waals surface area contributed by atoms with Gasteiger partial charge in [0.2, 0.25) is 0 Å². The van der Waals surface area contributed by atoms with Gasteiger partial charge in [-0.2, -0.15) is 0 Å². The second kappa shape index (κ2) is 2.59. The first-order chi connectivity index (χ1) is 5.29. The molecule has 0 aromatic carbocycles. The van der Waals surface area contributed by atoms with Crippen LogP contribution >= 0.6 is 34.5 Å². The average molecular weight is 205 g/mol. The maximum absolute atomic E-state index is 5.81. The second-order valence-corrected chi connectivity index (χ2v) is 3.57. The van der Waals surface area contributed by atoms with Crippen LogP contribution in [0.4, 0.5) is 0 Å². The molecule has 11 heavy (non-hydrogen) atoms. The van der Waals surface area contributed by atoms with Crippen molar-refractivity contribution in [2.75, 3.05) is 0 Å². The van der Waals surface area contributed by atoms with Gasteiger partial charge >= 0.3 is 0 Å². The number of thiophene rings is 1. The number of nitrogens with zero attached hydrogens (tertiary/aromatic N) is 2. The summed E-state index contributed by atoms with van der Waals surface area (Å²) in [5.74, 6) is 0. The van der Waals surface area contributed by atoms with Gasteiger partial charge in [0.1, 0.15) is 17.0 Å². The molecule has 5 heteroatoms. The Morgan fingerprint density at radius 2 is 2.09 bits per heavy atom. The Labute approximate surface area is 76.8 Å². The van der Waals surface area contributed by atoms with Crippen LogP contribution in [0, 0.1) is 0 Å². The molecule has 0 spiro atoms. The molecule has 0 aliphatic rings. The van der Waals surface area contributed by atoms with Gasteiger partial charge in [0, 0.05) is 5.38 Å². The lowest BCUT2D eigenvalue weighted by molar-refractivity contribution is 1.23. The van der Waals surface area contributed by atoms with Crippen LogP contribution in [0.5, 0.6) is 0 Å². The van der Waals surface area contributed by atoms with Gasteiger partial charge in [-0.05, 0) is 0 Å². The fraction of sp³-hybridized carbons (Fsp3) is 0. The monoisotopic (exact) mass is 204 g/mol. The van der Waals surface area contributed by atoms with Crippen molar-refractivity contribution in [3.8, 4) is 0 Å². The molecule has 0 fully saturated rings. The number of hydrogen-bond acceptors (Lipinski definition) is 3. The molecule has 0 saturated carbocycles. The Morgan fingerprint density at radius 3 is 2.82 bits per heavy atom. The van der Waals surface area contributed by atoms with Gasteiger partial charge < -0.3 is 0 Å². The van der Waals surface area contributed by atoms with E-state index in [9.17, 15) is 0 Å². The highest BCUT2D eigenvalue weighted by Crippen LogP contribution is 2.31. The minimum absolute atomic E-state index is 0.465. The minimum Gasteiger partial charge on any atom is -0.234 e. The maximum Gasteiger partial charge on any atom is 0.150 e. The zero-order chi connectivity index (χ0) is 7.84. The molecule has 0 aliphatic heterocycles. The summed E-state index contributed by atoms with van der Waals surface area (Å²) in [5.41, 5.74) is 0.733. The molecule has 0 saturated heterocycles. The van der Waals surface area contributed by atoms with E-state index in [0.717, 1.165) is 10.2 Å². The van der Waals surface area contributed by atoms with Gasteiger partial charge in [-0.25, -0.2) is 9.97 Å². The lowest BCUT2D eigenvalue weighted by Gasteiger charge is -1.89. The van der Waals surface area contributed by atoms with Gasteiger partial charge in [-0.15, -0.1) is 11.3 Å². The molecule has 2 nitrogen and oxygen atoms in total. The van der Waals surface area contributed by atoms with Crippen molar-refractivity contribution in [3.05, 3.63) is 21.9 Å². The number of fused-ring (bicyclic) bond motifs is 1. The van der Waals surface area contributed by atoms with Gasteiger partial charge in [-0.1, -0.05) is 23.2 Å². The van der Waals surface area contributed by atoms with Crippen molar-refractivity contribution in [1.29, 1.82) is 0 Å². The molecule has 2 rings (SSSR count). The summed E-state index contributed by atoms with van der Waals surface area (Å²) in [4.78, 5) is 7.81. The molecule has 2 aromatic rings. The summed E-state index contributed by atoms with van der Waals surface area (Å²) < 4.78 is 0.846. The van der Waals surface area contributed by atoms with Crippen LogP contribution in [-0.2, 0) is 0 Å². The first-order valence-electron chi connectivity index (χ1n) is 2.82. The summed E-state index contributed by atoms with van der Waals surface area (Å²) in [6.45, 7) is 0. The third kappa shape index (κ3) is 1.09. The van der Waals surface area contributed by atoms with Gasteiger partial charge in [0.25, 0.3) is 0 Å². The standard InChI is InChI=1S/C6H2Cl2N2S/c7-3-1-11-5-4(3)9-2-10-6(5)8/h1-2H. The van der Waals surface area contributed by atoms with E-state index in [1.807, 2.05) is 0 Å². The minimum atomic E-state index is 0.465. The predicted molar refractivity (Wildman–Crippen MR) is 47.4 cm³/mol. The van der Waals surface area contributed by atoms with Gasteiger partial charge in [-0.3, -0.25) is 0 Å². The fourth-order valence-corrected chi connectivity index (χ4v) is 2.15. The second-order valence-electron chi connectivity index (χ2n) is 1.93. The molecular formula is C6H2Cl2N2S.